The quantitative estimate of drug-likeness (QED) is 0.788. The second-order valence-corrected chi connectivity index (χ2v) is 5.71. The minimum atomic E-state index is -4.55. The van der Waals surface area contributed by atoms with Crippen LogP contribution in [-0.2, 0) is 4.79 Å². The van der Waals surface area contributed by atoms with Crippen LogP contribution in [0, 0.1) is 17.2 Å². The van der Waals surface area contributed by atoms with Crippen molar-refractivity contribution in [3.8, 4) is 6.07 Å². The van der Waals surface area contributed by atoms with E-state index in [9.17, 15) is 18.0 Å². The zero-order valence-corrected chi connectivity index (χ0v) is 12.1. The summed E-state index contributed by atoms with van der Waals surface area (Å²) in [5.74, 6) is -1.45. The van der Waals surface area contributed by atoms with Crippen molar-refractivity contribution >= 4 is 11.5 Å². The number of Topliss-reactive ketones (excluding diaryl/α,β-unsaturated/α-hetero) is 1. The number of fused-ring (bicyclic) bond motifs is 1. The third kappa shape index (κ3) is 2.91. The number of nitrogens with zero attached hydrogens (tertiary/aromatic N) is 2. The topological polar surface area (TPSA) is 53.2 Å². The Hall–Kier alpha value is -2.42. The number of hydrogen-bond donors (Lipinski definition) is 0. The van der Waals surface area contributed by atoms with E-state index in [0.29, 0.717) is 36.1 Å². The van der Waals surface area contributed by atoms with Crippen LogP contribution in [-0.4, -0.2) is 17.7 Å². The molecule has 3 nitrogen and oxygen atoms in total. The molecule has 1 aromatic carbocycles. The zero-order valence-electron chi connectivity index (χ0n) is 12.1. The molecule has 6 heteroatoms. The monoisotopic (exact) mass is 318 g/mol. The van der Waals surface area contributed by atoms with Crippen LogP contribution >= 0.6 is 0 Å². The molecule has 3 rings (SSSR count). The summed E-state index contributed by atoms with van der Waals surface area (Å²) >= 11 is 0. The van der Waals surface area contributed by atoms with E-state index in [4.69, 9.17) is 5.26 Å². The van der Waals surface area contributed by atoms with Gasteiger partial charge in [-0.05, 0) is 36.6 Å². The molecule has 0 amide bonds. The van der Waals surface area contributed by atoms with Crippen molar-refractivity contribution in [1.29, 1.82) is 5.26 Å². The largest absolute Gasteiger partial charge is 0.433 e. The summed E-state index contributed by atoms with van der Waals surface area (Å²) in [4.78, 5) is 16.0. The first kappa shape index (κ1) is 15.5. The molecular formula is C17H13F3N2O. The summed E-state index contributed by atoms with van der Waals surface area (Å²) in [5, 5.41) is 8.99. The summed E-state index contributed by atoms with van der Waals surface area (Å²) in [6.07, 6.45) is -2.24. The highest BCUT2D eigenvalue weighted by Crippen LogP contribution is 2.41. The van der Waals surface area contributed by atoms with Gasteiger partial charge in [0.25, 0.3) is 0 Å². The van der Waals surface area contributed by atoms with Gasteiger partial charge in [0.15, 0.2) is 0 Å². The number of benzene rings is 1. The lowest BCUT2D eigenvalue weighted by Gasteiger charge is -2.33. The van der Waals surface area contributed by atoms with Gasteiger partial charge in [0.05, 0.1) is 17.6 Å². The Morgan fingerprint density at radius 2 is 2.04 bits per heavy atom. The summed E-state index contributed by atoms with van der Waals surface area (Å²) in [7, 11) is 0. The summed E-state index contributed by atoms with van der Waals surface area (Å²) < 4.78 is 39.4. The van der Waals surface area contributed by atoms with E-state index in [1.807, 2.05) is 6.07 Å². The number of carbonyl (C=O) groups is 1. The lowest BCUT2D eigenvalue weighted by Crippen LogP contribution is -2.36. The Kier molecular flexibility index (Phi) is 3.80. The molecule has 0 saturated heterocycles. The number of rotatable bonds is 1. The molecule has 0 radical (unpaired) electrons. The predicted molar refractivity (Wildman–Crippen MR) is 77.8 cm³/mol. The van der Waals surface area contributed by atoms with E-state index < -0.39 is 23.7 Å². The molecule has 1 heterocycles. The molecule has 0 aromatic heterocycles. The van der Waals surface area contributed by atoms with Crippen LogP contribution < -0.4 is 0 Å². The number of alkyl halides is 3. The van der Waals surface area contributed by atoms with Gasteiger partial charge >= 0.3 is 6.18 Å². The van der Waals surface area contributed by atoms with Crippen molar-refractivity contribution in [2.24, 2.45) is 10.9 Å². The van der Waals surface area contributed by atoms with Gasteiger partial charge in [0.2, 0.25) is 0 Å². The molecule has 23 heavy (non-hydrogen) atoms. The SMILES string of the molecule is N#Cc1cccc([C@@H]2C=C(C(F)(F)F)N=C3CCCC(=O)C32)c1. The molecule has 0 spiro atoms. The van der Waals surface area contributed by atoms with Crippen LogP contribution in [0.5, 0.6) is 0 Å². The van der Waals surface area contributed by atoms with Crippen molar-refractivity contribution in [3.05, 3.63) is 47.2 Å². The minimum absolute atomic E-state index is 0.0835. The predicted octanol–water partition coefficient (Wildman–Crippen LogP) is 3.91. The highest BCUT2D eigenvalue weighted by atomic mass is 19.4. The van der Waals surface area contributed by atoms with Crippen LogP contribution in [0.1, 0.15) is 36.3 Å². The Balaban J connectivity index is 2.11. The van der Waals surface area contributed by atoms with E-state index in [0.717, 1.165) is 6.08 Å². The zero-order chi connectivity index (χ0) is 16.6. The third-order valence-electron chi connectivity index (χ3n) is 4.21. The number of carbonyl (C=O) groups excluding carboxylic acids is 1. The number of allylic oxidation sites excluding steroid dienone is 2. The molecule has 2 aliphatic rings. The van der Waals surface area contributed by atoms with Crippen LogP contribution in [0.2, 0.25) is 0 Å². The first-order valence-electron chi connectivity index (χ1n) is 7.29. The normalized spacial score (nSPS) is 24.3. The van der Waals surface area contributed by atoms with Crippen molar-refractivity contribution in [2.45, 2.75) is 31.4 Å². The smallest absolute Gasteiger partial charge is 0.299 e. The fraction of sp³-hybridized carbons (Fsp3) is 0.353. The van der Waals surface area contributed by atoms with Crippen LogP contribution in [0.4, 0.5) is 13.2 Å². The summed E-state index contributed by atoms with van der Waals surface area (Å²) in [5.41, 5.74) is 0.254. The number of hydrogen-bond acceptors (Lipinski definition) is 3. The number of nitriles is 1. The molecule has 1 saturated carbocycles. The van der Waals surface area contributed by atoms with Gasteiger partial charge in [0.1, 0.15) is 11.5 Å². The number of ketones is 1. The maximum absolute atomic E-state index is 13.1. The highest BCUT2D eigenvalue weighted by molar-refractivity contribution is 6.09. The van der Waals surface area contributed by atoms with E-state index >= 15 is 0 Å². The van der Waals surface area contributed by atoms with Gasteiger partial charge < -0.3 is 0 Å². The van der Waals surface area contributed by atoms with Gasteiger partial charge in [-0.25, -0.2) is 0 Å². The molecule has 1 aliphatic heterocycles. The van der Waals surface area contributed by atoms with Crippen molar-refractivity contribution in [3.63, 3.8) is 0 Å². The van der Waals surface area contributed by atoms with E-state index in [2.05, 4.69) is 4.99 Å². The van der Waals surface area contributed by atoms with Gasteiger partial charge in [-0.15, -0.1) is 0 Å². The molecule has 1 fully saturated rings. The fourth-order valence-corrected chi connectivity index (χ4v) is 3.19. The molecule has 118 valence electrons. The molecule has 1 aromatic rings. The fourth-order valence-electron chi connectivity index (χ4n) is 3.19. The average molecular weight is 318 g/mol. The highest BCUT2D eigenvalue weighted by Gasteiger charge is 2.43. The van der Waals surface area contributed by atoms with Crippen LogP contribution in [0.15, 0.2) is 41.0 Å². The standard InChI is InChI=1S/C17H13F3N2O/c18-17(19,20)15-8-12(11-4-1-3-10(7-11)9-21)16-13(22-15)5-2-6-14(16)23/h1,3-4,7-8,12,16H,2,5-6H2/t12-,16?/m0/s1. The van der Waals surface area contributed by atoms with Crippen LogP contribution in [0.3, 0.4) is 0 Å². The van der Waals surface area contributed by atoms with Crippen molar-refractivity contribution in [2.75, 3.05) is 0 Å². The van der Waals surface area contributed by atoms with E-state index in [-0.39, 0.29) is 5.78 Å². The lowest BCUT2D eigenvalue weighted by molar-refractivity contribution is -0.122. The van der Waals surface area contributed by atoms with E-state index in [1.165, 1.54) is 0 Å². The first-order valence-corrected chi connectivity index (χ1v) is 7.29. The summed E-state index contributed by atoms with van der Waals surface area (Å²) in [6, 6.07) is 8.37. The minimum Gasteiger partial charge on any atom is -0.299 e. The van der Waals surface area contributed by atoms with Gasteiger partial charge in [0, 0.05) is 18.1 Å². The van der Waals surface area contributed by atoms with Crippen LogP contribution in [0.25, 0.3) is 0 Å². The Bertz CT molecular complexity index is 756. The Morgan fingerprint density at radius 3 is 2.74 bits per heavy atom. The second-order valence-electron chi connectivity index (χ2n) is 5.71. The number of halogens is 3. The molecule has 1 unspecified atom stereocenters. The maximum Gasteiger partial charge on any atom is 0.433 e. The third-order valence-corrected chi connectivity index (χ3v) is 4.21. The Labute approximate surface area is 131 Å². The van der Waals surface area contributed by atoms with Gasteiger partial charge in [-0.1, -0.05) is 12.1 Å². The van der Waals surface area contributed by atoms with Gasteiger partial charge in [-0.3, -0.25) is 9.79 Å². The van der Waals surface area contributed by atoms with E-state index in [1.54, 1.807) is 24.3 Å². The lowest BCUT2D eigenvalue weighted by atomic mass is 9.72. The average Bonchev–Trinajstić information content (AvgIpc) is 2.53. The maximum atomic E-state index is 13.1. The van der Waals surface area contributed by atoms with Crippen molar-refractivity contribution < 1.29 is 18.0 Å². The van der Waals surface area contributed by atoms with Gasteiger partial charge in [-0.2, -0.15) is 18.4 Å². The van der Waals surface area contributed by atoms with Crippen molar-refractivity contribution in [1.82, 2.24) is 0 Å². The molecule has 2 atom stereocenters. The first-order chi connectivity index (χ1) is 10.9. The second kappa shape index (κ2) is 5.65. The molecule has 0 bridgehead atoms. The molecule has 1 aliphatic carbocycles. The Morgan fingerprint density at radius 1 is 1.26 bits per heavy atom. The molecular weight excluding hydrogens is 305 g/mol. The molecule has 0 N–H and O–H groups in total. The number of aliphatic imine (C=N–C) groups is 1. The summed E-state index contributed by atoms with van der Waals surface area (Å²) in [6.45, 7) is 0.